The van der Waals surface area contributed by atoms with E-state index in [-0.39, 0.29) is 0 Å². The van der Waals surface area contributed by atoms with Crippen LogP contribution in [0.5, 0.6) is 0 Å². The van der Waals surface area contributed by atoms with E-state index in [0.29, 0.717) is 17.5 Å². The Bertz CT molecular complexity index is 449. The number of hydrogen-bond acceptors (Lipinski definition) is 4. The maximum atomic E-state index is 9.20. The molecule has 0 aliphatic carbocycles. The number of hydrogen-bond donors (Lipinski definition) is 0. The van der Waals surface area contributed by atoms with Crippen LogP contribution in [0.2, 0.25) is 0 Å². The number of likely N-dealkylation sites (N-methyl/N-ethyl adjacent to an activating group) is 1. The molecule has 0 radical (unpaired) electrons. The first kappa shape index (κ1) is 12.8. The van der Waals surface area contributed by atoms with Crippen LogP contribution >= 0.6 is 0 Å². The Hall–Kier alpha value is -1.60. The minimum atomic E-state index is 0.422. The van der Waals surface area contributed by atoms with Gasteiger partial charge in [-0.3, -0.25) is 0 Å². The van der Waals surface area contributed by atoms with Gasteiger partial charge in [-0.15, -0.1) is 0 Å². The van der Waals surface area contributed by atoms with Crippen LogP contribution in [0, 0.1) is 17.2 Å². The van der Waals surface area contributed by atoms with Gasteiger partial charge in [-0.2, -0.15) is 5.26 Å². The summed E-state index contributed by atoms with van der Waals surface area (Å²) in [6.45, 7) is 7.44. The Morgan fingerprint density at radius 2 is 2.22 bits per heavy atom. The standard InChI is InChI=1S/C14H20N4/c1-11(2)13-10-17(3)7-8-18(13)14-12(9-15)5-4-6-16-14/h4-6,11,13H,7-8,10H2,1-3H3. The molecule has 1 atom stereocenters. The van der Waals surface area contributed by atoms with E-state index in [2.05, 4.69) is 41.7 Å². The van der Waals surface area contributed by atoms with E-state index in [1.807, 2.05) is 12.1 Å². The molecule has 0 N–H and O–H groups in total. The molecule has 1 saturated heterocycles. The second-order valence-corrected chi connectivity index (χ2v) is 5.25. The molecule has 0 amide bonds. The third kappa shape index (κ3) is 2.46. The Morgan fingerprint density at radius 1 is 1.44 bits per heavy atom. The predicted octanol–water partition coefficient (Wildman–Crippen LogP) is 1.73. The normalized spacial score (nSPS) is 21.1. The van der Waals surface area contributed by atoms with E-state index in [1.54, 1.807) is 6.20 Å². The summed E-state index contributed by atoms with van der Waals surface area (Å²) in [5.74, 6) is 1.38. The highest BCUT2D eigenvalue weighted by atomic mass is 15.3. The van der Waals surface area contributed by atoms with Gasteiger partial charge in [0.25, 0.3) is 0 Å². The summed E-state index contributed by atoms with van der Waals surface area (Å²) in [5.41, 5.74) is 0.674. The SMILES string of the molecule is CC(C)C1CN(C)CCN1c1ncccc1C#N. The quantitative estimate of drug-likeness (QED) is 0.794. The lowest BCUT2D eigenvalue weighted by Crippen LogP contribution is -2.54. The molecule has 0 spiro atoms. The molecule has 96 valence electrons. The number of nitrogens with zero attached hydrogens (tertiary/aromatic N) is 4. The fourth-order valence-electron chi connectivity index (χ4n) is 2.50. The van der Waals surface area contributed by atoms with Gasteiger partial charge < -0.3 is 9.80 Å². The molecular weight excluding hydrogens is 224 g/mol. The van der Waals surface area contributed by atoms with Crippen LogP contribution in [-0.2, 0) is 0 Å². The van der Waals surface area contributed by atoms with Crippen molar-refractivity contribution >= 4 is 5.82 Å². The fourth-order valence-corrected chi connectivity index (χ4v) is 2.50. The highest BCUT2D eigenvalue weighted by Crippen LogP contribution is 2.25. The second kappa shape index (κ2) is 5.36. The van der Waals surface area contributed by atoms with E-state index in [4.69, 9.17) is 0 Å². The third-order valence-corrected chi connectivity index (χ3v) is 3.57. The summed E-state index contributed by atoms with van der Waals surface area (Å²) in [6.07, 6.45) is 1.77. The lowest BCUT2D eigenvalue weighted by Gasteiger charge is -2.43. The van der Waals surface area contributed by atoms with E-state index in [0.717, 1.165) is 25.5 Å². The van der Waals surface area contributed by atoms with Gasteiger partial charge in [-0.05, 0) is 25.1 Å². The van der Waals surface area contributed by atoms with Crippen molar-refractivity contribution in [2.75, 3.05) is 31.6 Å². The lowest BCUT2D eigenvalue weighted by atomic mass is 9.99. The monoisotopic (exact) mass is 244 g/mol. The van der Waals surface area contributed by atoms with Gasteiger partial charge in [-0.1, -0.05) is 13.8 Å². The van der Waals surface area contributed by atoms with Gasteiger partial charge in [-0.25, -0.2) is 4.98 Å². The van der Waals surface area contributed by atoms with Gasteiger partial charge in [0, 0.05) is 31.9 Å². The van der Waals surface area contributed by atoms with Crippen molar-refractivity contribution in [1.29, 1.82) is 5.26 Å². The molecule has 1 fully saturated rings. The van der Waals surface area contributed by atoms with Crippen molar-refractivity contribution in [1.82, 2.24) is 9.88 Å². The maximum absolute atomic E-state index is 9.20. The molecule has 2 rings (SSSR count). The summed E-state index contributed by atoms with van der Waals surface area (Å²) in [7, 11) is 2.15. The zero-order valence-corrected chi connectivity index (χ0v) is 11.3. The topological polar surface area (TPSA) is 43.2 Å². The number of pyridine rings is 1. The molecule has 1 unspecified atom stereocenters. The molecule has 1 aliphatic rings. The maximum Gasteiger partial charge on any atom is 0.146 e. The van der Waals surface area contributed by atoms with Crippen LogP contribution in [-0.4, -0.2) is 42.6 Å². The van der Waals surface area contributed by atoms with Crippen molar-refractivity contribution in [3.8, 4) is 6.07 Å². The molecule has 0 aromatic carbocycles. The van der Waals surface area contributed by atoms with E-state index >= 15 is 0 Å². The summed E-state index contributed by atoms with van der Waals surface area (Å²) in [4.78, 5) is 9.05. The Labute approximate surface area is 109 Å². The first-order valence-corrected chi connectivity index (χ1v) is 6.43. The van der Waals surface area contributed by atoms with Crippen molar-refractivity contribution in [2.24, 2.45) is 5.92 Å². The second-order valence-electron chi connectivity index (χ2n) is 5.25. The van der Waals surface area contributed by atoms with Gasteiger partial charge in [0.2, 0.25) is 0 Å². The molecule has 4 heteroatoms. The highest BCUT2D eigenvalue weighted by molar-refractivity contribution is 5.54. The first-order chi connectivity index (χ1) is 8.63. The molecule has 0 saturated carbocycles. The fraction of sp³-hybridized carbons (Fsp3) is 0.571. The smallest absolute Gasteiger partial charge is 0.146 e. The molecule has 0 bridgehead atoms. The largest absolute Gasteiger partial charge is 0.350 e. The number of aromatic nitrogens is 1. The highest BCUT2D eigenvalue weighted by Gasteiger charge is 2.29. The molecule has 1 aromatic heterocycles. The predicted molar refractivity (Wildman–Crippen MR) is 72.4 cm³/mol. The minimum absolute atomic E-state index is 0.422. The molecule has 2 heterocycles. The molecule has 1 aliphatic heterocycles. The Morgan fingerprint density at radius 3 is 2.89 bits per heavy atom. The molecule has 1 aromatic rings. The number of anilines is 1. The summed E-state index contributed by atoms with van der Waals surface area (Å²) < 4.78 is 0. The van der Waals surface area contributed by atoms with E-state index < -0.39 is 0 Å². The average molecular weight is 244 g/mol. The van der Waals surface area contributed by atoms with Crippen LogP contribution in [0.15, 0.2) is 18.3 Å². The van der Waals surface area contributed by atoms with E-state index in [1.165, 1.54) is 0 Å². The lowest BCUT2D eigenvalue weighted by molar-refractivity contribution is 0.236. The minimum Gasteiger partial charge on any atom is -0.350 e. The van der Waals surface area contributed by atoms with E-state index in [9.17, 15) is 5.26 Å². The summed E-state index contributed by atoms with van der Waals surface area (Å²) in [5, 5.41) is 9.20. The van der Waals surface area contributed by atoms with Crippen LogP contribution in [0.3, 0.4) is 0 Å². The summed E-state index contributed by atoms with van der Waals surface area (Å²) >= 11 is 0. The van der Waals surface area contributed by atoms with Crippen LogP contribution in [0.4, 0.5) is 5.82 Å². The van der Waals surface area contributed by atoms with Gasteiger partial charge in [0.15, 0.2) is 0 Å². The molecular formula is C14H20N4. The zero-order chi connectivity index (χ0) is 13.1. The van der Waals surface area contributed by atoms with Crippen LogP contribution < -0.4 is 4.90 Å². The van der Waals surface area contributed by atoms with Crippen molar-refractivity contribution in [3.05, 3.63) is 23.9 Å². The Balaban J connectivity index is 2.33. The van der Waals surface area contributed by atoms with Gasteiger partial charge in [0.05, 0.1) is 5.56 Å². The first-order valence-electron chi connectivity index (χ1n) is 6.43. The zero-order valence-electron chi connectivity index (χ0n) is 11.3. The van der Waals surface area contributed by atoms with Crippen molar-refractivity contribution in [2.45, 2.75) is 19.9 Å². The Kier molecular flexibility index (Phi) is 3.83. The number of nitriles is 1. The van der Waals surface area contributed by atoms with Crippen molar-refractivity contribution in [3.63, 3.8) is 0 Å². The third-order valence-electron chi connectivity index (χ3n) is 3.57. The number of piperazine rings is 1. The number of rotatable bonds is 2. The van der Waals surface area contributed by atoms with Crippen LogP contribution in [0.1, 0.15) is 19.4 Å². The van der Waals surface area contributed by atoms with Gasteiger partial charge >= 0.3 is 0 Å². The van der Waals surface area contributed by atoms with Crippen LogP contribution in [0.25, 0.3) is 0 Å². The summed E-state index contributed by atoms with van der Waals surface area (Å²) in [6, 6.07) is 6.33. The average Bonchev–Trinajstić information content (AvgIpc) is 2.38. The molecule has 18 heavy (non-hydrogen) atoms. The van der Waals surface area contributed by atoms with Crippen molar-refractivity contribution < 1.29 is 0 Å². The molecule has 4 nitrogen and oxygen atoms in total. The van der Waals surface area contributed by atoms with Gasteiger partial charge in [0.1, 0.15) is 11.9 Å².